The van der Waals surface area contributed by atoms with Crippen molar-refractivity contribution in [3.63, 3.8) is 0 Å². The highest BCUT2D eigenvalue weighted by molar-refractivity contribution is 5.94. The van der Waals surface area contributed by atoms with Gasteiger partial charge in [-0.3, -0.25) is 4.79 Å². The lowest BCUT2D eigenvalue weighted by Gasteiger charge is -2.27. The number of piperidine rings is 1. The Morgan fingerprint density at radius 3 is 3.05 bits per heavy atom. The lowest BCUT2D eigenvalue weighted by Crippen LogP contribution is -2.40. The van der Waals surface area contributed by atoms with Crippen molar-refractivity contribution in [3.05, 3.63) is 24.0 Å². The summed E-state index contributed by atoms with van der Waals surface area (Å²) >= 11 is 0. The number of ether oxygens (including phenoxy) is 1. The van der Waals surface area contributed by atoms with Crippen LogP contribution in [0.3, 0.4) is 0 Å². The van der Waals surface area contributed by atoms with E-state index in [2.05, 4.69) is 17.6 Å². The topological polar surface area (TPSA) is 50.4 Å². The molecule has 0 spiro atoms. The first-order valence-corrected chi connectivity index (χ1v) is 7.06. The average Bonchev–Trinajstić information content (AvgIpc) is 2.42. The van der Waals surface area contributed by atoms with E-state index in [0.29, 0.717) is 24.1 Å². The number of hydrogen-bond donors (Lipinski definition) is 2. The third-order valence-corrected chi connectivity index (χ3v) is 3.50. The number of hydrogen-bond acceptors (Lipinski definition) is 3. The Morgan fingerprint density at radius 1 is 1.55 bits per heavy atom. The standard InChI is InChI=1S/C15H21FN2O2/c1-3-20-14-9-12(16)4-5-13(14)18-15(19)11-6-7-17-10(2)8-11/h4-5,9-11,17H,3,6-8H2,1-2H3,(H,18,19). The molecule has 1 aromatic carbocycles. The molecule has 4 nitrogen and oxygen atoms in total. The van der Waals surface area contributed by atoms with E-state index in [9.17, 15) is 9.18 Å². The van der Waals surface area contributed by atoms with Gasteiger partial charge in [0, 0.05) is 18.0 Å². The van der Waals surface area contributed by atoms with Crippen molar-refractivity contribution >= 4 is 11.6 Å². The first-order valence-electron chi connectivity index (χ1n) is 7.06. The molecular formula is C15H21FN2O2. The summed E-state index contributed by atoms with van der Waals surface area (Å²) in [7, 11) is 0. The molecule has 1 fully saturated rings. The number of rotatable bonds is 4. The molecule has 0 saturated carbocycles. The number of amides is 1. The van der Waals surface area contributed by atoms with E-state index in [1.54, 1.807) is 6.07 Å². The molecule has 1 saturated heterocycles. The first kappa shape index (κ1) is 14.8. The molecule has 1 aliphatic heterocycles. The van der Waals surface area contributed by atoms with Gasteiger partial charge in [0.05, 0.1) is 12.3 Å². The predicted octanol–water partition coefficient (Wildman–Crippen LogP) is 2.55. The van der Waals surface area contributed by atoms with E-state index in [-0.39, 0.29) is 17.6 Å². The van der Waals surface area contributed by atoms with Gasteiger partial charge in [-0.1, -0.05) is 0 Å². The number of benzene rings is 1. The normalized spacial score (nSPS) is 22.4. The van der Waals surface area contributed by atoms with Crippen LogP contribution in [0.1, 0.15) is 26.7 Å². The van der Waals surface area contributed by atoms with Crippen LogP contribution < -0.4 is 15.4 Å². The maximum absolute atomic E-state index is 13.2. The van der Waals surface area contributed by atoms with Crippen LogP contribution in [-0.4, -0.2) is 25.1 Å². The van der Waals surface area contributed by atoms with Crippen molar-refractivity contribution in [2.75, 3.05) is 18.5 Å². The summed E-state index contributed by atoms with van der Waals surface area (Å²) in [5.41, 5.74) is 0.532. The van der Waals surface area contributed by atoms with Crippen molar-refractivity contribution in [3.8, 4) is 5.75 Å². The van der Waals surface area contributed by atoms with E-state index in [4.69, 9.17) is 4.74 Å². The third-order valence-electron chi connectivity index (χ3n) is 3.50. The van der Waals surface area contributed by atoms with E-state index < -0.39 is 0 Å². The molecule has 0 aromatic heterocycles. The fourth-order valence-corrected chi connectivity index (χ4v) is 2.48. The summed E-state index contributed by atoms with van der Waals surface area (Å²) in [6.07, 6.45) is 1.64. The van der Waals surface area contributed by atoms with Crippen LogP contribution in [0.15, 0.2) is 18.2 Å². The molecule has 2 rings (SSSR count). The average molecular weight is 280 g/mol. The summed E-state index contributed by atoms with van der Waals surface area (Å²) in [4.78, 5) is 12.3. The second kappa shape index (κ2) is 6.70. The summed E-state index contributed by atoms with van der Waals surface area (Å²) < 4.78 is 18.6. The first-order chi connectivity index (χ1) is 9.60. The molecule has 5 heteroatoms. The molecule has 110 valence electrons. The highest BCUT2D eigenvalue weighted by Gasteiger charge is 2.25. The Morgan fingerprint density at radius 2 is 2.35 bits per heavy atom. The molecule has 0 radical (unpaired) electrons. The van der Waals surface area contributed by atoms with Gasteiger partial charge >= 0.3 is 0 Å². The second-order valence-corrected chi connectivity index (χ2v) is 5.14. The summed E-state index contributed by atoms with van der Waals surface area (Å²) in [6.45, 7) is 5.17. The van der Waals surface area contributed by atoms with Crippen LogP contribution in [0.2, 0.25) is 0 Å². The van der Waals surface area contributed by atoms with Crippen molar-refractivity contribution < 1.29 is 13.9 Å². The van der Waals surface area contributed by atoms with Gasteiger partial charge in [0.2, 0.25) is 5.91 Å². The Labute approximate surface area is 118 Å². The molecule has 20 heavy (non-hydrogen) atoms. The van der Waals surface area contributed by atoms with E-state index in [0.717, 1.165) is 19.4 Å². The van der Waals surface area contributed by atoms with E-state index in [1.807, 2.05) is 6.92 Å². The fraction of sp³-hybridized carbons (Fsp3) is 0.533. The quantitative estimate of drug-likeness (QED) is 0.891. The minimum Gasteiger partial charge on any atom is -0.492 e. The molecule has 1 aliphatic rings. The Balaban J connectivity index is 2.06. The van der Waals surface area contributed by atoms with Crippen molar-refractivity contribution in [1.29, 1.82) is 0 Å². The third kappa shape index (κ3) is 3.70. The smallest absolute Gasteiger partial charge is 0.227 e. The summed E-state index contributed by atoms with van der Waals surface area (Å²) in [5, 5.41) is 6.17. The molecule has 0 aliphatic carbocycles. The lowest BCUT2D eigenvalue weighted by atomic mass is 9.92. The van der Waals surface area contributed by atoms with Crippen molar-refractivity contribution in [2.24, 2.45) is 5.92 Å². The molecule has 0 bridgehead atoms. The number of carbonyl (C=O) groups excluding carboxylic acids is 1. The van der Waals surface area contributed by atoms with Gasteiger partial charge in [-0.25, -0.2) is 4.39 Å². The molecule has 2 atom stereocenters. The number of halogens is 1. The molecular weight excluding hydrogens is 259 g/mol. The van der Waals surface area contributed by atoms with Gasteiger partial charge in [-0.2, -0.15) is 0 Å². The number of carbonyl (C=O) groups is 1. The van der Waals surface area contributed by atoms with Gasteiger partial charge in [0.25, 0.3) is 0 Å². The van der Waals surface area contributed by atoms with Gasteiger partial charge < -0.3 is 15.4 Å². The zero-order chi connectivity index (χ0) is 14.5. The number of nitrogens with one attached hydrogen (secondary N) is 2. The van der Waals surface area contributed by atoms with E-state index >= 15 is 0 Å². The largest absolute Gasteiger partial charge is 0.492 e. The molecule has 2 unspecified atom stereocenters. The van der Waals surface area contributed by atoms with Gasteiger partial charge in [-0.05, 0) is 45.4 Å². The molecule has 1 heterocycles. The van der Waals surface area contributed by atoms with Crippen LogP contribution in [0.25, 0.3) is 0 Å². The van der Waals surface area contributed by atoms with Crippen LogP contribution in [0, 0.1) is 11.7 Å². The minimum absolute atomic E-state index is 0.00854. The zero-order valence-corrected chi connectivity index (χ0v) is 11.9. The Kier molecular flexibility index (Phi) is 4.95. The van der Waals surface area contributed by atoms with Gasteiger partial charge in [0.15, 0.2) is 0 Å². The summed E-state index contributed by atoms with van der Waals surface area (Å²) in [5.74, 6) is -0.0264. The SMILES string of the molecule is CCOc1cc(F)ccc1NC(=O)C1CCNC(C)C1. The zero-order valence-electron chi connectivity index (χ0n) is 11.9. The minimum atomic E-state index is -0.373. The van der Waals surface area contributed by atoms with Gasteiger partial charge in [-0.15, -0.1) is 0 Å². The van der Waals surface area contributed by atoms with Crippen molar-refractivity contribution in [2.45, 2.75) is 32.7 Å². The Hall–Kier alpha value is -1.62. The predicted molar refractivity (Wildman–Crippen MR) is 76.4 cm³/mol. The monoisotopic (exact) mass is 280 g/mol. The highest BCUT2D eigenvalue weighted by atomic mass is 19.1. The van der Waals surface area contributed by atoms with Crippen LogP contribution >= 0.6 is 0 Å². The Bertz CT molecular complexity index is 479. The maximum Gasteiger partial charge on any atom is 0.227 e. The molecule has 1 aromatic rings. The number of anilines is 1. The molecule has 2 N–H and O–H groups in total. The van der Waals surface area contributed by atoms with Gasteiger partial charge in [0.1, 0.15) is 11.6 Å². The lowest BCUT2D eigenvalue weighted by molar-refractivity contribution is -0.120. The molecule has 1 amide bonds. The van der Waals surface area contributed by atoms with Crippen LogP contribution in [-0.2, 0) is 4.79 Å². The highest BCUT2D eigenvalue weighted by Crippen LogP contribution is 2.27. The summed E-state index contributed by atoms with van der Waals surface area (Å²) in [6, 6.07) is 4.51. The van der Waals surface area contributed by atoms with Crippen molar-refractivity contribution in [1.82, 2.24) is 5.32 Å². The van der Waals surface area contributed by atoms with Crippen LogP contribution in [0.4, 0.5) is 10.1 Å². The maximum atomic E-state index is 13.2. The van der Waals surface area contributed by atoms with Crippen LogP contribution in [0.5, 0.6) is 5.75 Å². The fourth-order valence-electron chi connectivity index (χ4n) is 2.48. The van der Waals surface area contributed by atoms with E-state index in [1.165, 1.54) is 12.1 Å². The second-order valence-electron chi connectivity index (χ2n) is 5.14.